The molecule has 0 spiro atoms. The van der Waals surface area contributed by atoms with Crippen molar-refractivity contribution in [1.82, 2.24) is 4.98 Å². The van der Waals surface area contributed by atoms with Crippen LogP contribution in [0.5, 0.6) is 0 Å². The van der Waals surface area contributed by atoms with Gasteiger partial charge in [0, 0.05) is 5.38 Å². The van der Waals surface area contributed by atoms with Gasteiger partial charge in [-0.3, -0.25) is 0 Å². The molecule has 0 aliphatic rings. The first-order valence-corrected chi connectivity index (χ1v) is 3.00. The van der Waals surface area contributed by atoms with Crippen molar-refractivity contribution in [3.63, 3.8) is 0 Å². The molecule has 1 heterocycles. The van der Waals surface area contributed by atoms with Crippen molar-refractivity contribution >= 4 is 11.3 Å². The Kier molecular flexibility index (Phi) is 1.44. The molecule has 5 heteroatoms. The standard InChI is InChI=1S/C4H2F3NS/c5-4(6,7)3-1-9-2-8-3/h1-2H. The molecule has 0 atom stereocenters. The molecule has 1 aromatic rings. The Morgan fingerprint density at radius 3 is 2.33 bits per heavy atom. The summed E-state index contributed by atoms with van der Waals surface area (Å²) < 4.78 is 34.7. The molecule has 0 saturated heterocycles. The Hall–Kier alpha value is -0.580. The second-order valence-corrected chi connectivity index (χ2v) is 2.09. The first kappa shape index (κ1) is 6.54. The number of aromatic nitrogens is 1. The minimum absolute atomic E-state index is 0.813. The van der Waals surface area contributed by atoms with Gasteiger partial charge >= 0.3 is 6.18 Å². The maximum atomic E-state index is 11.6. The minimum Gasteiger partial charge on any atom is -0.240 e. The van der Waals surface area contributed by atoms with Crippen LogP contribution in [-0.4, -0.2) is 4.98 Å². The van der Waals surface area contributed by atoms with Crippen LogP contribution in [0.3, 0.4) is 0 Å². The van der Waals surface area contributed by atoms with Crippen LogP contribution in [0.25, 0.3) is 0 Å². The molecule has 9 heavy (non-hydrogen) atoms. The summed E-state index contributed by atoms with van der Waals surface area (Å²) in [5.74, 6) is 0. The van der Waals surface area contributed by atoms with Crippen LogP contribution >= 0.6 is 11.3 Å². The highest BCUT2D eigenvalue weighted by atomic mass is 32.1. The summed E-state index contributed by atoms with van der Waals surface area (Å²) in [6.07, 6.45) is -4.28. The van der Waals surface area contributed by atoms with Crippen LogP contribution in [-0.2, 0) is 6.18 Å². The SMILES string of the molecule is FC(F)(F)c1cscn1. The van der Waals surface area contributed by atoms with Gasteiger partial charge in [-0.25, -0.2) is 4.98 Å². The third kappa shape index (κ3) is 1.41. The maximum absolute atomic E-state index is 11.6. The van der Waals surface area contributed by atoms with Gasteiger partial charge < -0.3 is 0 Å². The van der Waals surface area contributed by atoms with E-state index in [9.17, 15) is 13.2 Å². The number of halogens is 3. The first-order valence-electron chi connectivity index (χ1n) is 2.06. The average Bonchev–Trinajstić information content (AvgIpc) is 2.08. The van der Waals surface area contributed by atoms with Gasteiger partial charge in [-0.15, -0.1) is 11.3 Å². The van der Waals surface area contributed by atoms with E-state index in [4.69, 9.17) is 0 Å². The normalized spacial score (nSPS) is 11.9. The minimum atomic E-state index is -4.28. The predicted octanol–water partition coefficient (Wildman–Crippen LogP) is 2.16. The molecule has 0 radical (unpaired) electrons. The molecule has 0 aliphatic heterocycles. The number of hydrogen-bond acceptors (Lipinski definition) is 2. The van der Waals surface area contributed by atoms with Gasteiger partial charge in [0.1, 0.15) is 0 Å². The summed E-state index contributed by atoms with van der Waals surface area (Å²) in [6, 6.07) is 0. The Balaban J connectivity index is 2.90. The molecule has 0 bridgehead atoms. The summed E-state index contributed by atoms with van der Waals surface area (Å²) >= 11 is 0.935. The van der Waals surface area contributed by atoms with E-state index in [0.29, 0.717) is 0 Å². The summed E-state index contributed by atoms with van der Waals surface area (Å²) in [5, 5.41) is 0.972. The molecule has 0 unspecified atom stereocenters. The van der Waals surface area contributed by atoms with Gasteiger partial charge in [0.2, 0.25) is 0 Å². The first-order chi connectivity index (χ1) is 4.11. The van der Waals surface area contributed by atoms with Crippen molar-refractivity contribution in [3.8, 4) is 0 Å². The van der Waals surface area contributed by atoms with E-state index in [1.54, 1.807) is 0 Å². The summed E-state index contributed by atoms with van der Waals surface area (Å²) in [7, 11) is 0. The summed E-state index contributed by atoms with van der Waals surface area (Å²) in [5.41, 5.74) is 0.343. The lowest BCUT2D eigenvalue weighted by molar-refractivity contribution is -0.140. The zero-order valence-corrected chi connectivity index (χ0v) is 4.96. The van der Waals surface area contributed by atoms with E-state index in [1.807, 2.05) is 0 Å². The van der Waals surface area contributed by atoms with E-state index in [-0.39, 0.29) is 0 Å². The second kappa shape index (κ2) is 1.98. The Morgan fingerprint density at radius 1 is 1.44 bits per heavy atom. The van der Waals surface area contributed by atoms with Crippen LogP contribution in [0.2, 0.25) is 0 Å². The molecule has 1 nitrogen and oxygen atoms in total. The van der Waals surface area contributed by atoms with Gasteiger partial charge in [-0.2, -0.15) is 13.2 Å². The molecule has 1 rings (SSSR count). The molecular formula is C4H2F3NS. The topological polar surface area (TPSA) is 12.9 Å². The second-order valence-electron chi connectivity index (χ2n) is 1.37. The van der Waals surface area contributed by atoms with E-state index < -0.39 is 11.9 Å². The maximum Gasteiger partial charge on any atom is 0.434 e. The number of alkyl halides is 3. The lowest BCUT2D eigenvalue weighted by Gasteiger charge is -1.98. The fourth-order valence-electron chi connectivity index (χ4n) is 0.353. The van der Waals surface area contributed by atoms with Crippen LogP contribution < -0.4 is 0 Å². The van der Waals surface area contributed by atoms with Crippen molar-refractivity contribution in [2.75, 3.05) is 0 Å². The predicted molar refractivity (Wildman–Crippen MR) is 27.1 cm³/mol. The molecule has 0 N–H and O–H groups in total. The molecule has 50 valence electrons. The van der Waals surface area contributed by atoms with Gasteiger partial charge in [0.15, 0.2) is 5.69 Å². The van der Waals surface area contributed by atoms with Gasteiger partial charge in [-0.05, 0) is 0 Å². The van der Waals surface area contributed by atoms with Gasteiger partial charge in [0.25, 0.3) is 0 Å². The van der Waals surface area contributed by atoms with Crippen LogP contribution in [0.1, 0.15) is 5.69 Å². The number of hydrogen-bond donors (Lipinski definition) is 0. The van der Waals surface area contributed by atoms with Crippen LogP contribution in [0, 0.1) is 0 Å². The fraction of sp³-hybridized carbons (Fsp3) is 0.250. The van der Waals surface area contributed by atoms with E-state index in [1.165, 1.54) is 0 Å². The average molecular weight is 153 g/mol. The molecule has 0 aliphatic carbocycles. The van der Waals surface area contributed by atoms with Crippen molar-refractivity contribution in [3.05, 3.63) is 16.6 Å². The Morgan fingerprint density at radius 2 is 2.11 bits per heavy atom. The lowest BCUT2D eigenvalue weighted by atomic mass is 10.5. The van der Waals surface area contributed by atoms with Crippen molar-refractivity contribution < 1.29 is 13.2 Å². The van der Waals surface area contributed by atoms with Gasteiger partial charge in [0.05, 0.1) is 5.51 Å². The summed E-state index contributed by atoms with van der Waals surface area (Å²) in [6.45, 7) is 0. The van der Waals surface area contributed by atoms with E-state index >= 15 is 0 Å². The van der Waals surface area contributed by atoms with E-state index in [2.05, 4.69) is 4.98 Å². The molecule has 0 amide bonds. The summed E-state index contributed by atoms with van der Waals surface area (Å²) in [4.78, 5) is 3.08. The zero-order valence-electron chi connectivity index (χ0n) is 4.14. The zero-order chi connectivity index (χ0) is 6.91. The fourth-order valence-corrected chi connectivity index (χ4v) is 0.911. The monoisotopic (exact) mass is 153 g/mol. The Labute approximate surface area is 53.2 Å². The number of thiazole rings is 1. The van der Waals surface area contributed by atoms with Gasteiger partial charge in [-0.1, -0.05) is 0 Å². The van der Waals surface area contributed by atoms with Crippen molar-refractivity contribution in [2.45, 2.75) is 6.18 Å². The van der Waals surface area contributed by atoms with Crippen molar-refractivity contribution in [1.29, 1.82) is 0 Å². The van der Waals surface area contributed by atoms with Crippen LogP contribution in [0.15, 0.2) is 10.9 Å². The highest BCUT2D eigenvalue weighted by molar-refractivity contribution is 7.07. The lowest BCUT2D eigenvalue weighted by Crippen LogP contribution is -2.04. The largest absolute Gasteiger partial charge is 0.434 e. The van der Waals surface area contributed by atoms with Crippen molar-refractivity contribution in [2.24, 2.45) is 0 Å². The highest BCUT2D eigenvalue weighted by Gasteiger charge is 2.32. The number of rotatable bonds is 0. The molecule has 0 saturated carbocycles. The molecule has 1 aromatic heterocycles. The highest BCUT2D eigenvalue weighted by Crippen LogP contribution is 2.28. The third-order valence-corrected chi connectivity index (χ3v) is 1.31. The molecule has 0 aromatic carbocycles. The third-order valence-electron chi connectivity index (χ3n) is 0.723. The molecular weight excluding hydrogens is 151 g/mol. The smallest absolute Gasteiger partial charge is 0.240 e. The Bertz CT molecular complexity index is 178. The number of nitrogens with zero attached hydrogens (tertiary/aromatic N) is 1. The molecule has 0 fully saturated rings. The quantitative estimate of drug-likeness (QED) is 0.556. The van der Waals surface area contributed by atoms with Crippen LogP contribution in [0.4, 0.5) is 13.2 Å². The van der Waals surface area contributed by atoms with E-state index in [0.717, 1.165) is 22.2 Å².